The van der Waals surface area contributed by atoms with Gasteiger partial charge in [-0.1, -0.05) is 7.43 Å². The molecular formula is C12H23NO5S. The fourth-order valence-electron chi connectivity index (χ4n) is 2.59. The Morgan fingerprint density at radius 3 is 2.16 bits per heavy atom. The van der Waals surface area contributed by atoms with Crippen molar-refractivity contribution in [3.8, 4) is 0 Å². The molecule has 0 atom stereocenters. The highest BCUT2D eigenvalue weighted by Gasteiger charge is 2.57. The summed E-state index contributed by atoms with van der Waals surface area (Å²) in [6.45, 7) is 6.45. The van der Waals surface area contributed by atoms with Crippen LogP contribution in [-0.4, -0.2) is 47.9 Å². The minimum absolute atomic E-state index is 0. The Morgan fingerprint density at radius 1 is 1.32 bits per heavy atom. The Kier molecular flexibility index (Phi) is 3.95. The Balaban J connectivity index is 0.00000180. The van der Waals surface area contributed by atoms with E-state index in [-0.39, 0.29) is 18.9 Å². The number of hydrogen-bond acceptors (Lipinski definition) is 4. The molecule has 1 aliphatic carbocycles. The second-order valence-electron chi connectivity index (χ2n) is 6.38. The molecule has 1 aliphatic heterocycles. The van der Waals surface area contributed by atoms with Gasteiger partial charge in [0.05, 0.1) is 5.25 Å². The molecule has 0 unspecified atom stereocenters. The van der Waals surface area contributed by atoms with Crippen LogP contribution in [-0.2, 0) is 14.9 Å². The number of amides is 1. The molecule has 0 aromatic rings. The quantitative estimate of drug-likeness (QED) is 0.747. The highest BCUT2D eigenvalue weighted by atomic mass is 32.2. The van der Waals surface area contributed by atoms with Crippen molar-refractivity contribution in [2.24, 2.45) is 5.41 Å². The van der Waals surface area contributed by atoms with Crippen molar-refractivity contribution in [2.45, 2.75) is 51.9 Å². The fraction of sp³-hybridized carbons (Fsp3) is 0.917. The van der Waals surface area contributed by atoms with Crippen LogP contribution in [0.4, 0.5) is 4.79 Å². The van der Waals surface area contributed by atoms with E-state index >= 15 is 0 Å². The minimum Gasteiger partial charge on any atom is -0.444 e. The maximum atomic E-state index is 11.7. The molecule has 2 aliphatic rings. The predicted octanol–water partition coefficient (Wildman–Crippen LogP) is 1.91. The molecule has 1 saturated carbocycles. The van der Waals surface area contributed by atoms with Crippen LogP contribution in [0.3, 0.4) is 0 Å². The lowest BCUT2D eigenvalue weighted by atomic mass is 9.63. The van der Waals surface area contributed by atoms with Crippen molar-refractivity contribution in [2.75, 3.05) is 13.1 Å². The first kappa shape index (κ1) is 16.2. The zero-order valence-corrected chi connectivity index (χ0v) is 11.7. The van der Waals surface area contributed by atoms with Crippen molar-refractivity contribution in [3.63, 3.8) is 0 Å². The zero-order valence-electron chi connectivity index (χ0n) is 10.8. The molecule has 1 spiro atoms. The van der Waals surface area contributed by atoms with Crippen LogP contribution in [0, 0.1) is 5.41 Å². The Labute approximate surface area is 114 Å². The number of rotatable bonds is 1. The molecule has 0 aromatic carbocycles. The summed E-state index contributed by atoms with van der Waals surface area (Å²) in [5.74, 6) is 0. The molecule has 0 aromatic heterocycles. The van der Waals surface area contributed by atoms with Gasteiger partial charge in [0.25, 0.3) is 10.1 Å². The third-order valence-corrected chi connectivity index (χ3v) is 4.62. The van der Waals surface area contributed by atoms with E-state index in [2.05, 4.69) is 0 Å². The van der Waals surface area contributed by atoms with Crippen LogP contribution in [0.5, 0.6) is 0 Å². The number of hydrogen-bond donors (Lipinski definition) is 1. The van der Waals surface area contributed by atoms with Gasteiger partial charge in [-0.15, -0.1) is 0 Å². The molecule has 1 amide bonds. The Hall–Kier alpha value is -0.820. The molecule has 112 valence electrons. The number of nitrogens with zero attached hydrogens (tertiary/aromatic N) is 1. The summed E-state index contributed by atoms with van der Waals surface area (Å²) < 4.78 is 35.9. The summed E-state index contributed by atoms with van der Waals surface area (Å²) in [6, 6.07) is 0. The average molecular weight is 293 g/mol. The summed E-state index contributed by atoms with van der Waals surface area (Å²) in [5, 5.41) is -0.654. The summed E-state index contributed by atoms with van der Waals surface area (Å²) >= 11 is 0. The largest absolute Gasteiger partial charge is 0.444 e. The first-order valence-corrected chi connectivity index (χ1v) is 7.45. The molecule has 2 rings (SSSR count). The lowest BCUT2D eigenvalue weighted by molar-refractivity contribution is -0.0678. The second-order valence-corrected chi connectivity index (χ2v) is 8.08. The summed E-state index contributed by atoms with van der Waals surface area (Å²) in [5.41, 5.74) is -0.631. The molecule has 1 saturated heterocycles. The van der Waals surface area contributed by atoms with E-state index in [4.69, 9.17) is 9.29 Å². The van der Waals surface area contributed by atoms with Gasteiger partial charge in [-0.25, -0.2) is 4.79 Å². The van der Waals surface area contributed by atoms with E-state index in [0.29, 0.717) is 25.9 Å². The highest BCUT2D eigenvalue weighted by Crippen LogP contribution is 2.50. The van der Waals surface area contributed by atoms with E-state index < -0.39 is 21.0 Å². The topological polar surface area (TPSA) is 83.9 Å². The van der Waals surface area contributed by atoms with Crippen LogP contribution in [0.2, 0.25) is 0 Å². The molecule has 0 radical (unpaired) electrons. The number of carbonyl (C=O) groups excluding carboxylic acids is 1. The van der Waals surface area contributed by atoms with Gasteiger partial charge in [0, 0.05) is 18.5 Å². The summed E-state index contributed by atoms with van der Waals surface area (Å²) in [6.07, 6.45) is 0.513. The molecule has 7 heteroatoms. The number of likely N-dealkylation sites (tertiary alicyclic amines) is 1. The van der Waals surface area contributed by atoms with Gasteiger partial charge in [-0.3, -0.25) is 4.55 Å². The van der Waals surface area contributed by atoms with Crippen molar-refractivity contribution in [3.05, 3.63) is 0 Å². The fourth-order valence-corrected chi connectivity index (χ4v) is 3.72. The van der Waals surface area contributed by atoms with Gasteiger partial charge in [0.15, 0.2) is 0 Å². The highest BCUT2D eigenvalue weighted by molar-refractivity contribution is 7.86. The summed E-state index contributed by atoms with van der Waals surface area (Å²) in [4.78, 5) is 13.3. The van der Waals surface area contributed by atoms with Crippen LogP contribution < -0.4 is 0 Å². The van der Waals surface area contributed by atoms with E-state index in [0.717, 1.165) is 0 Å². The van der Waals surface area contributed by atoms with Crippen LogP contribution >= 0.6 is 0 Å². The Morgan fingerprint density at radius 2 is 1.79 bits per heavy atom. The van der Waals surface area contributed by atoms with Gasteiger partial charge in [0.2, 0.25) is 0 Å². The predicted molar refractivity (Wildman–Crippen MR) is 71.5 cm³/mol. The lowest BCUT2D eigenvalue weighted by Crippen LogP contribution is -2.66. The first-order valence-electron chi connectivity index (χ1n) is 5.95. The van der Waals surface area contributed by atoms with Crippen molar-refractivity contribution >= 4 is 16.2 Å². The van der Waals surface area contributed by atoms with Crippen molar-refractivity contribution in [1.29, 1.82) is 0 Å². The molecule has 2 fully saturated rings. The smallest absolute Gasteiger partial charge is 0.410 e. The molecule has 1 N–H and O–H groups in total. The first-order chi connectivity index (χ1) is 8.01. The van der Waals surface area contributed by atoms with Crippen LogP contribution in [0.15, 0.2) is 0 Å². The third-order valence-electron chi connectivity index (χ3n) is 3.45. The zero-order chi connectivity index (χ0) is 13.8. The Bertz CT molecular complexity index is 451. The molecule has 6 nitrogen and oxygen atoms in total. The van der Waals surface area contributed by atoms with E-state index in [1.54, 1.807) is 25.7 Å². The lowest BCUT2D eigenvalue weighted by Gasteiger charge is -2.57. The maximum Gasteiger partial charge on any atom is 0.410 e. The van der Waals surface area contributed by atoms with Crippen molar-refractivity contribution in [1.82, 2.24) is 4.90 Å². The molecule has 1 heterocycles. The van der Waals surface area contributed by atoms with Crippen LogP contribution in [0.25, 0.3) is 0 Å². The second kappa shape index (κ2) is 4.63. The minimum atomic E-state index is -3.91. The van der Waals surface area contributed by atoms with Gasteiger partial charge in [-0.2, -0.15) is 8.42 Å². The number of ether oxygens (including phenoxy) is 1. The van der Waals surface area contributed by atoms with Crippen molar-refractivity contribution < 1.29 is 22.5 Å². The van der Waals surface area contributed by atoms with E-state index in [9.17, 15) is 13.2 Å². The monoisotopic (exact) mass is 293 g/mol. The SMILES string of the molecule is C.CC(C)(C)OC(=O)N1CC2(CC(S(=O)(=O)O)C2)C1. The van der Waals surface area contributed by atoms with Gasteiger partial charge in [0.1, 0.15) is 5.60 Å². The molecule has 0 bridgehead atoms. The molecular weight excluding hydrogens is 270 g/mol. The average Bonchev–Trinajstić information content (AvgIpc) is 1.90. The number of carbonyl (C=O) groups is 1. The van der Waals surface area contributed by atoms with E-state index in [1.807, 2.05) is 0 Å². The third kappa shape index (κ3) is 3.39. The standard InChI is InChI=1S/C11H19NO5S.CH4/c1-10(2,3)17-9(13)12-6-11(7-12)4-8(5-11)18(14,15)16;/h8H,4-7H2,1-3H3,(H,14,15,16);1H4. The van der Waals surface area contributed by atoms with Gasteiger partial charge in [-0.05, 0) is 33.6 Å². The summed E-state index contributed by atoms with van der Waals surface area (Å²) in [7, 11) is -3.91. The normalized spacial score (nSPS) is 22.2. The van der Waals surface area contributed by atoms with Gasteiger partial charge >= 0.3 is 6.09 Å². The molecule has 19 heavy (non-hydrogen) atoms. The van der Waals surface area contributed by atoms with E-state index in [1.165, 1.54) is 0 Å². The maximum absolute atomic E-state index is 11.7. The van der Waals surface area contributed by atoms with Crippen LogP contribution in [0.1, 0.15) is 41.0 Å². The van der Waals surface area contributed by atoms with Gasteiger partial charge < -0.3 is 9.64 Å².